The number of aliphatic hydroxyl groups excluding tert-OH is 1. The number of amides is 1. The molecule has 2 aromatic rings. The van der Waals surface area contributed by atoms with Gasteiger partial charge in [-0.3, -0.25) is 4.79 Å². The van der Waals surface area contributed by atoms with Crippen molar-refractivity contribution < 1.29 is 9.90 Å². The van der Waals surface area contributed by atoms with Gasteiger partial charge >= 0.3 is 0 Å². The van der Waals surface area contributed by atoms with Crippen LogP contribution >= 0.6 is 0 Å². The first-order valence-electron chi connectivity index (χ1n) is 5.73. The van der Waals surface area contributed by atoms with E-state index in [9.17, 15) is 4.79 Å². The summed E-state index contributed by atoms with van der Waals surface area (Å²) in [5.74, 6) is -0.260. The highest BCUT2D eigenvalue weighted by atomic mass is 16.3. The molecule has 0 saturated carbocycles. The van der Waals surface area contributed by atoms with E-state index in [4.69, 9.17) is 10.8 Å². The molecule has 0 spiro atoms. The summed E-state index contributed by atoms with van der Waals surface area (Å²) in [4.78, 5) is 15.0. The Morgan fingerprint density at radius 1 is 1.50 bits per heavy atom. The number of anilines is 1. The van der Waals surface area contributed by atoms with Crippen molar-refractivity contribution in [2.75, 3.05) is 12.3 Å². The number of rotatable bonds is 3. The summed E-state index contributed by atoms with van der Waals surface area (Å²) in [5, 5.41) is 12.8. The largest absolute Gasteiger partial charge is 0.397 e. The van der Waals surface area contributed by atoms with Gasteiger partial charge in [0.25, 0.3) is 5.91 Å². The van der Waals surface area contributed by atoms with Crippen molar-refractivity contribution in [1.82, 2.24) is 10.3 Å². The van der Waals surface area contributed by atoms with E-state index in [2.05, 4.69) is 10.3 Å². The highest BCUT2D eigenvalue weighted by Gasteiger charge is 2.21. The number of para-hydroxylation sites is 1. The number of nitrogens with one attached hydrogen (secondary N) is 2. The van der Waals surface area contributed by atoms with Gasteiger partial charge in [-0.15, -0.1) is 0 Å². The van der Waals surface area contributed by atoms with Gasteiger partial charge in [-0.1, -0.05) is 12.1 Å². The predicted molar refractivity (Wildman–Crippen MR) is 71.3 cm³/mol. The van der Waals surface area contributed by atoms with Crippen molar-refractivity contribution >= 4 is 22.5 Å². The molecule has 0 fully saturated rings. The average Bonchev–Trinajstić information content (AvgIpc) is 2.74. The quantitative estimate of drug-likeness (QED) is 0.615. The zero-order chi connectivity index (χ0) is 13.3. The molecule has 0 bridgehead atoms. The van der Waals surface area contributed by atoms with E-state index in [1.54, 1.807) is 26.0 Å². The number of hydrogen-bond donors (Lipinski definition) is 4. The Bertz CT molecular complexity index is 587. The lowest BCUT2D eigenvalue weighted by Gasteiger charge is -2.22. The van der Waals surface area contributed by atoms with E-state index in [0.29, 0.717) is 11.4 Å². The molecule has 0 aliphatic carbocycles. The Balaban J connectivity index is 2.32. The zero-order valence-corrected chi connectivity index (χ0v) is 10.4. The van der Waals surface area contributed by atoms with Crippen LogP contribution < -0.4 is 11.1 Å². The van der Waals surface area contributed by atoms with E-state index < -0.39 is 5.54 Å². The summed E-state index contributed by atoms with van der Waals surface area (Å²) in [6.07, 6.45) is 0. The molecule has 1 aromatic carbocycles. The first-order chi connectivity index (χ1) is 8.43. The summed E-state index contributed by atoms with van der Waals surface area (Å²) >= 11 is 0. The molecule has 5 nitrogen and oxygen atoms in total. The SMILES string of the molecule is CC(C)(CO)NC(=O)c1cc2cccc(N)c2[nH]1. The summed E-state index contributed by atoms with van der Waals surface area (Å²) in [6.45, 7) is 3.38. The maximum atomic E-state index is 12.0. The van der Waals surface area contributed by atoms with Crippen LogP contribution in [-0.2, 0) is 0 Å². The van der Waals surface area contributed by atoms with Gasteiger partial charge in [0.2, 0.25) is 0 Å². The Morgan fingerprint density at radius 2 is 2.22 bits per heavy atom. The van der Waals surface area contributed by atoms with Gasteiger partial charge in [0.1, 0.15) is 5.69 Å². The topological polar surface area (TPSA) is 91.1 Å². The van der Waals surface area contributed by atoms with Crippen LogP contribution in [-0.4, -0.2) is 28.1 Å². The molecular weight excluding hydrogens is 230 g/mol. The minimum atomic E-state index is -0.653. The average molecular weight is 247 g/mol. The van der Waals surface area contributed by atoms with Crippen LogP contribution in [0.4, 0.5) is 5.69 Å². The van der Waals surface area contributed by atoms with Crippen molar-refractivity contribution in [3.05, 3.63) is 30.0 Å². The number of benzene rings is 1. The number of carbonyl (C=O) groups excluding carboxylic acids is 1. The minimum Gasteiger partial charge on any atom is -0.397 e. The number of H-pyrrole nitrogens is 1. The number of fused-ring (bicyclic) bond motifs is 1. The van der Waals surface area contributed by atoms with Crippen LogP contribution in [0.2, 0.25) is 0 Å². The summed E-state index contributed by atoms with van der Waals surface area (Å²) in [7, 11) is 0. The second kappa shape index (κ2) is 4.34. The van der Waals surface area contributed by atoms with Crippen molar-refractivity contribution in [3.63, 3.8) is 0 Å². The first-order valence-corrected chi connectivity index (χ1v) is 5.73. The van der Waals surface area contributed by atoms with Crippen LogP contribution in [0.25, 0.3) is 10.9 Å². The summed E-state index contributed by atoms with van der Waals surface area (Å²) in [5.41, 5.74) is 6.96. The molecule has 0 atom stereocenters. The maximum absolute atomic E-state index is 12.0. The van der Waals surface area contributed by atoms with Crippen molar-refractivity contribution in [3.8, 4) is 0 Å². The van der Waals surface area contributed by atoms with E-state index in [1.165, 1.54) is 0 Å². The highest BCUT2D eigenvalue weighted by molar-refractivity contribution is 6.01. The second-order valence-electron chi connectivity index (χ2n) is 4.99. The second-order valence-corrected chi connectivity index (χ2v) is 4.99. The molecular formula is C13H17N3O2. The third kappa shape index (κ3) is 2.31. The van der Waals surface area contributed by atoms with Crippen LogP contribution in [0, 0.1) is 0 Å². The smallest absolute Gasteiger partial charge is 0.268 e. The van der Waals surface area contributed by atoms with Gasteiger partial charge in [-0.25, -0.2) is 0 Å². The zero-order valence-electron chi connectivity index (χ0n) is 10.4. The van der Waals surface area contributed by atoms with E-state index in [1.807, 2.05) is 12.1 Å². The lowest BCUT2D eigenvalue weighted by molar-refractivity contribution is 0.0865. The standard InChI is InChI=1S/C13H17N3O2/c1-13(2,7-17)16-12(18)10-6-8-4-3-5-9(14)11(8)15-10/h3-6,15,17H,7,14H2,1-2H3,(H,16,18). The fourth-order valence-electron chi connectivity index (χ4n) is 1.72. The monoisotopic (exact) mass is 247 g/mol. The molecule has 1 heterocycles. The number of carbonyl (C=O) groups is 1. The fourth-order valence-corrected chi connectivity index (χ4v) is 1.72. The van der Waals surface area contributed by atoms with Gasteiger partial charge in [-0.2, -0.15) is 0 Å². The maximum Gasteiger partial charge on any atom is 0.268 e. The van der Waals surface area contributed by atoms with Gasteiger partial charge in [-0.05, 0) is 26.0 Å². The number of nitrogen functional groups attached to an aromatic ring is 1. The van der Waals surface area contributed by atoms with Gasteiger partial charge in [0, 0.05) is 5.39 Å². The summed E-state index contributed by atoms with van der Waals surface area (Å²) in [6, 6.07) is 7.24. The number of nitrogens with two attached hydrogens (primary N) is 1. The third-order valence-electron chi connectivity index (χ3n) is 2.78. The van der Waals surface area contributed by atoms with Gasteiger partial charge in [0.05, 0.1) is 23.3 Å². The molecule has 1 aromatic heterocycles. The lowest BCUT2D eigenvalue weighted by Crippen LogP contribution is -2.46. The fraction of sp³-hybridized carbons (Fsp3) is 0.308. The van der Waals surface area contributed by atoms with Crippen molar-refractivity contribution in [1.29, 1.82) is 0 Å². The highest BCUT2D eigenvalue weighted by Crippen LogP contribution is 2.21. The Morgan fingerprint density at radius 3 is 2.83 bits per heavy atom. The number of hydrogen-bond acceptors (Lipinski definition) is 3. The molecule has 5 N–H and O–H groups in total. The molecule has 0 aliphatic rings. The normalized spacial score (nSPS) is 11.7. The predicted octanol–water partition coefficient (Wildman–Crippen LogP) is 1.25. The van der Waals surface area contributed by atoms with Crippen LogP contribution in [0.15, 0.2) is 24.3 Å². The Labute approximate surface area is 105 Å². The lowest BCUT2D eigenvalue weighted by atomic mass is 10.1. The van der Waals surface area contributed by atoms with Crippen molar-refractivity contribution in [2.24, 2.45) is 0 Å². The molecule has 0 aliphatic heterocycles. The molecule has 18 heavy (non-hydrogen) atoms. The number of aromatic amines is 1. The minimum absolute atomic E-state index is 0.124. The molecule has 0 saturated heterocycles. The third-order valence-corrected chi connectivity index (χ3v) is 2.78. The van der Waals surface area contributed by atoms with Gasteiger partial charge in [0.15, 0.2) is 0 Å². The van der Waals surface area contributed by atoms with E-state index in [0.717, 1.165) is 10.9 Å². The molecule has 0 unspecified atom stereocenters. The van der Waals surface area contributed by atoms with Crippen molar-refractivity contribution in [2.45, 2.75) is 19.4 Å². The Kier molecular flexibility index (Phi) is 3.00. The molecule has 5 heteroatoms. The van der Waals surface area contributed by atoms with E-state index in [-0.39, 0.29) is 12.5 Å². The number of aromatic nitrogens is 1. The Hall–Kier alpha value is -2.01. The molecule has 2 rings (SSSR count). The van der Waals surface area contributed by atoms with Crippen LogP contribution in [0.5, 0.6) is 0 Å². The first kappa shape index (κ1) is 12.4. The van der Waals surface area contributed by atoms with Gasteiger partial charge < -0.3 is 21.1 Å². The summed E-state index contributed by atoms with van der Waals surface area (Å²) < 4.78 is 0. The van der Waals surface area contributed by atoms with Crippen LogP contribution in [0.1, 0.15) is 24.3 Å². The molecule has 1 amide bonds. The van der Waals surface area contributed by atoms with Crippen LogP contribution in [0.3, 0.4) is 0 Å². The molecule has 0 radical (unpaired) electrons. The van der Waals surface area contributed by atoms with E-state index >= 15 is 0 Å². The number of aliphatic hydroxyl groups is 1. The molecule has 96 valence electrons.